The molecule has 1 aromatic carbocycles. The molecule has 24 heavy (non-hydrogen) atoms. The van der Waals surface area contributed by atoms with Gasteiger partial charge in [0.25, 0.3) is 6.43 Å². The number of nitrogens with zero attached hydrogens (tertiary/aromatic N) is 2. The van der Waals surface area contributed by atoms with Gasteiger partial charge in [0.1, 0.15) is 5.75 Å². The monoisotopic (exact) mass is 335 g/mol. The van der Waals surface area contributed by atoms with E-state index in [0.717, 1.165) is 0 Å². The number of halogens is 2. The number of carbonyl (C=O) groups is 1. The van der Waals surface area contributed by atoms with E-state index in [1.54, 1.807) is 30.3 Å². The van der Waals surface area contributed by atoms with Crippen molar-refractivity contribution in [1.82, 2.24) is 15.0 Å². The van der Waals surface area contributed by atoms with Crippen molar-refractivity contribution in [1.29, 1.82) is 0 Å². The van der Waals surface area contributed by atoms with Crippen molar-refractivity contribution in [2.75, 3.05) is 6.54 Å². The zero-order valence-corrected chi connectivity index (χ0v) is 13.0. The highest BCUT2D eigenvalue weighted by Crippen LogP contribution is 2.29. The van der Waals surface area contributed by atoms with Crippen LogP contribution in [0.3, 0.4) is 0 Å². The Bertz CT molecular complexity index is 649. The van der Waals surface area contributed by atoms with E-state index in [2.05, 4.69) is 5.43 Å². The number of ether oxygens (including phenoxy) is 1. The maximum absolute atomic E-state index is 13.4. The van der Waals surface area contributed by atoms with Gasteiger partial charge in [-0.05, 0) is 37.1 Å². The Labute approximate surface area is 138 Å². The van der Waals surface area contributed by atoms with Crippen LogP contribution in [-0.4, -0.2) is 34.7 Å². The van der Waals surface area contributed by atoms with E-state index in [9.17, 15) is 13.6 Å². The summed E-state index contributed by atoms with van der Waals surface area (Å²) in [6.07, 6.45) is 1.37. The number of nitrogens with one attached hydrogen (secondary N) is 1. The van der Waals surface area contributed by atoms with Crippen molar-refractivity contribution in [2.45, 2.75) is 31.4 Å². The highest BCUT2D eigenvalue weighted by Gasteiger charge is 2.36. The number of hydrazine groups is 1. The van der Waals surface area contributed by atoms with Gasteiger partial charge in [0, 0.05) is 25.0 Å². The fraction of sp³-hybridized carbons (Fsp3) is 0.353. The van der Waals surface area contributed by atoms with Crippen LogP contribution < -0.4 is 10.2 Å². The SMILES string of the molecule is O=C(NN1CCC(n2cccc2)CC1C(F)F)Oc1ccccc1. The minimum atomic E-state index is -2.56. The highest BCUT2D eigenvalue weighted by molar-refractivity contribution is 5.69. The molecule has 5 nitrogen and oxygen atoms in total. The molecule has 1 aliphatic heterocycles. The molecule has 0 saturated carbocycles. The number of aromatic nitrogens is 1. The summed E-state index contributed by atoms with van der Waals surface area (Å²) in [7, 11) is 0. The lowest BCUT2D eigenvalue weighted by molar-refractivity contribution is -0.0309. The lowest BCUT2D eigenvalue weighted by Gasteiger charge is -2.38. The Morgan fingerprint density at radius 3 is 2.54 bits per heavy atom. The molecule has 7 heteroatoms. The van der Waals surface area contributed by atoms with Crippen molar-refractivity contribution in [2.24, 2.45) is 0 Å². The molecule has 1 aliphatic rings. The van der Waals surface area contributed by atoms with E-state index in [-0.39, 0.29) is 12.5 Å². The molecular formula is C17H19F2N3O2. The fourth-order valence-electron chi connectivity index (χ4n) is 2.95. The van der Waals surface area contributed by atoms with Gasteiger partial charge < -0.3 is 9.30 Å². The largest absolute Gasteiger partial charge is 0.427 e. The molecule has 0 aliphatic carbocycles. The van der Waals surface area contributed by atoms with Crippen molar-refractivity contribution in [3.05, 3.63) is 54.9 Å². The average molecular weight is 335 g/mol. The Kier molecular flexibility index (Phi) is 5.10. The number of alkyl halides is 2. The molecule has 1 amide bonds. The quantitative estimate of drug-likeness (QED) is 0.931. The molecule has 2 aromatic rings. The minimum absolute atomic E-state index is 0.00203. The van der Waals surface area contributed by atoms with E-state index in [1.165, 1.54) is 5.01 Å². The third-order valence-electron chi connectivity index (χ3n) is 4.15. The first kappa shape index (κ1) is 16.4. The van der Waals surface area contributed by atoms with Crippen molar-refractivity contribution >= 4 is 6.09 Å². The van der Waals surface area contributed by atoms with Crippen LogP contribution >= 0.6 is 0 Å². The lowest BCUT2D eigenvalue weighted by atomic mass is 9.98. The number of benzene rings is 1. The molecule has 3 rings (SSSR count). The van der Waals surface area contributed by atoms with Crippen LogP contribution in [0.15, 0.2) is 54.9 Å². The van der Waals surface area contributed by atoms with Gasteiger partial charge >= 0.3 is 6.09 Å². The minimum Gasteiger partial charge on any atom is -0.409 e. The van der Waals surface area contributed by atoms with E-state index in [4.69, 9.17) is 4.74 Å². The van der Waals surface area contributed by atoms with E-state index >= 15 is 0 Å². The van der Waals surface area contributed by atoms with E-state index < -0.39 is 18.6 Å². The van der Waals surface area contributed by atoms with Gasteiger partial charge in [-0.3, -0.25) is 5.43 Å². The van der Waals surface area contributed by atoms with Crippen molar-refractivity contribution < 1.29 is 18.3 Å². The molecule has 2 atom stereocenters. The second-order valence-corrected chi connectivity index (χ2v) is 5.72. The second-order valence-electron chi connectivity index (χ2n) is 5.72. The molecule has 0 bridgehead atoms. The molecule has 2 unspecified atom stereocenters. The highest BCUT2D eigenvalue weighted by atomic mass is 19.3. The van der Waals surface area contributed by atoms with Gasteiger partial charge in [-0.1, -0.05) is 18.2 Å². The number of amides is 1. The fourth-order valence-corrected chi connectivity index (χ4v) is 2.95. The normalized spacial score (nSPS) is 21.6. The smallest absolute Gasteiger partial charge is 0.409 e. The third kappa shape index (κ3) is 3.91. The van der Waals surface area contributed by atoms with E-state index in [0.29, 0.717) is 18.7 Å². The first-order chi connectivity index (χ1) is 11.6. The summed E-state index contributed by atoms with van der Waals surface area (Å²) < 4.78 is 33.9. The first-order valence-electron chi connectivity index (χ1n) is 7.84. The summed E-state index contributed by atoms with van der Waals surface area (Å²) in [5.74, 6) is 0.367. The molecule has 2 heterocycles. The van der Waals surface area contributed by atoms with Crippen LogP contribution in [0.4, 0.5) is 13.6 Å². The lowest BCUT2D eigenvalue weighted by Crippen LogP contribution is -2.55. The van der Waals surface area contributed by atoms with Crippen LogP contribution in [0, 0.1) is 0 Å². The predicted octanol–water partition coefficient (Wildman–Crippen LogP) is 3.46. The number of hydrogen-bond acceptors (Lipinski definition) is 3. The number of rotatable bonds is 4. The number of piperidine rings is 1. The number of carbonyl (C=O) groups excluding carboxylic acids is 1. The van der Waals surface area contributed by atoms with E-state index in [1.807, 2.05) is 29.1 Å². The molecule has 0 spiro atoms. The van der Waals surface area contributed by atoms with Gasteiger partial charge in [-0.2, -0.15) is 0 Å². The second kappa shape index (κ2) is 7.44. The van der Waals surface area contributed by atoms with Crippen LogP contribution in [0.2, 0.25) is 0 Å². The summed E-state index contributed by atoms with van der Waals surface area (Å²) in [5.41, 5.74) is 2.45. The van der Waals surface area contributed by atoms with Crippen LogP contribution in [0.5, 0.6) is 5.75 Å². The summed E-state index contributed by atoms with van der Waals surface area (Å²) >= 11 is 0. The maximum atomic E-state index is 13.4. The standard InChI is InChI=1S/C17H19F2N3O2/c18-16(19)15-12-13(21-9-4-5-10-21)8-11-22(15)20-17(23)24-14-6-2-1-3-7-14/h1-7,9-10,13,15-16H,8,11-12H2,(H,20,23). The molecular weight excluding hydrogens is 316 g/mol. The first-order valence-corrected chi connectivity index (χ1v) is 7.84. The zero-order valence-electron chi connectivity index (χ0n) is 13.0. The average Bonchev–Trinajstić information content (AvgIpc) is 3.10. The molecule has 1 N–H and O–H groups in total. The molecule has 1 fully saturated rings. The van der Waals surface area contributed by atoms with Gasteiger partial charge in [-0.15, -0.1) is 0 Å². The summed E-state index contributed by atoms with van der Waals surface area (Å²) in [4.78, 5) is 11.9. The predicted molar refractivity (Wildman–Crippen MR) is 84.8 cm³/mol. The Morgan fingerprint density at radius 1 is 1.17 bits per heavy atom. The Morgan fingerprint density at radius 2 is 1.88 bits per heavy atom. The van der Waals surface area contributed by atoms with Crippen LogP contribution in [0.25, 0.3) is 0 Å². The third-order valence-corrected chi connectivity index (χ3v) is 4.15. The summed E-state index contributed by atoms with van der Waals surface area (Å²) in [5, 5.41) is 1.29. The van der Waals surface area contributed by atoms with Gasteiger partial charge in [0.2, 0.25) is 0 Å². The molecule has 128 valence electrons. The topological polar surface area (TPSA) is 46.5 Å². The van der Waals surface area contributed by atoms with Gasteiger partial charge in [-0.25, -0.2) is 18.6 Å². The maximum Gasteiger partial charge on any atom is 0.427 e. The Balaban J connectivity index is 1.61. The Hall–Kier alpha value is -2.41. The van der Waals surface area contributed by atoms with Crippen molar-refractivity contribution in [3.8, 4) is 5.75 Å². The number of para-hydroxylation sites is 1. The molecule has 0 radical (unpaired) electrons. The zero-order chi connectivity index (χ0) is 16.9. The van der Waals surface area contributed by atoms with Crippen molar-refractivity contribution in [3.63, 3.8) is 0 Å². The van der Waals surface area contributed by atoms with Gasteiger partial charge in [0.15, 0.2) is 0 Å². The van der Waals surface area contributed by atoms with Crippen LogP contribution in [-0.2, 0) is 0 Å². The van der Waals surface area contributed by atoms with Gasteiger partial charge in [0.05, 0.1) is 6.04 Å². The summed E-state index contributed by atoms with van der Waals surface area (Å²) in [6, 6.07) is 11.2. The summed E-state index contributed by atoms with van der Waals surface area (Å²) in [6.45, 7) is 0.335. The number of hydrogen-bond donors (Lipinski definition) is 1. The molecule has 1 saturated heterocycles. The molecule has 1 aromatic heterocycles. The van der Waals surface area contributed by atoms with Crippen LogP contribution in [0.1, 0.15) is 18.9 Å².